The van der Waals surface area contributed by atoms with Crippen LogP contribution in [0.1, 0.15) is 99.3 Å². The normalized spacial score (nSPS) is 25.8. The molecule has 0 aliphatic carbocycles. The number of imidazole rings is 2. The molecule has 0 bridgehead atoms. The summed E-state index contributed by atoms with van der Waals surface area (Å²) >= 11 is 0. The Morgan fingerprint density at radius 1 is 0.702 bits per heavy atom. The van der Waals surface area contributed by atoms with Crippen LogP contribution < -0.4 is 20.4 Å². The summed E-state index contributed by atoms with van der Waals surface area (Å²) in [5.41, 5.74) is 6.80. The molecule has 10 heteroatoms. The number of fused-ring (bicyclic) bond motifs is 2. The summed E-state index contributed by atoms with van der Waals surface area (Å²) in [7, 11) is 0. The number of benzene rings is 3. The minimum atomic E-state index is -0.504. The monoisotopic (exact) mass is 636 g/mol. The molecule has 5 aromatic rings. The molecule has 0 spiro atoms. The van der Waals surface area contributed by atoms with Gasteiger partial charge in [-0.3, -0.25) is 0 Å². The van der Waals surface area contributed by atoms with E-state index in [9.17, 15) is 0 Å². The van der Waals surface area contributed by atoms with Crippen molar-refractivity contribution in [3.05, 3.63) is 82.9 Å². The van der Waals surface area contributed by atoms with Crippen LogP contribution >= 0.6 is 0 Å². The van der Waals surface area contributed by atoms with Crippen LogP contribution in [0.3, 0.4) is 0 Å². The molecule has 244 valence electrons. The van der Waals surface area contributed by atoms with Crippen molar-refractivity contribution < 1.29 is 8.78 Å². The topological polar surface area (TPSA) is 87.9 Å². The Kier molecular flexibility index (Phi) is 6.83. The highest BCUT2D eigenvalue weighted by molar-refractivity contribution is 5.78. The summed E-state index contributed by atoms with van der Waals surface area (Å²) in [6.45, 7) is 7.55. The number of nitrogens with one attached hydrogen (secondary N) is 4. The number of anilines is 2. The number of aromatic amines is 2. The standard InChI is InChI=1S/C37H42F2N8/c1-37(2)19-46(20-37)34-24(38)17-23(18-25(34)39)47-32(21-7-9-26-30(15-21)44-35(42-26)28-5-3-13-40-28)11-12-33(47)22-8-10-27-31(16-22)45-36(43-27)29-6-4-14-41-29/h7-10,15-18,28-29,32-33,40-41H,3-6,11-14,19-20H2,1-2H3,(H,42,44)(H,43,45)/t28-,29-,32-,33+/m0/s1. The quantitative estimate of drug-likeness (QED) is 0.155. The van der Waals surface area contributed by atoms with Gasteiger partial charge in [-0.2, -0.15) is 0 Å². The molecular formula is C37H42F2N8. The number of hydrogen-bond donors (Lipinski definition) is 4. The number of aromatic nitrogens is 4. The lowest BCUT2D eigenvalue weighted by molar-refractivity contribution is 0.271. The summed E-state index contributed by atoms with van der Waals surface area (Å²) in [5, 5.41) is 7.07. The highest BCUT2D eigenvalue weighted by Gasteiger charge is 2.40. The van der Waals surface area contributed by atoms with E-state index in [0.717, 1.165) is 96.5 Å². The molecule has 4 fully saturated rings. The molecule has 0 unspecified atom stereocenters. The molecular weight excluding hydrogens is 594 g/mol. The largest absolute Gasteiger partial charge is 0.366 e. The molecule has 4 aliphatic heterocycles. The van der Waals surface area contributed by atoms with Gasteiger partial charge in [0.25, 0.3) is 0 Å². The number of rotatable bonds is 6. The predicted octanol–water partition coefficient (Wildman–Crippen LogP) is 7.50. The molecule has 9 rings (SSSR count). The van der Waals surface area contributed by atoms with Gasteiger partial charge in [0, 0.05) is 18.8 Å². The lowest BCUT2D eigenvalue weighted by atomic mass is 9.84. The minimum absolute atomic E-state index is 0.0563. The Labute approximate surface area is 273 Å². The van der Waals surface area contributed by atoms with Crippen molar-refractivity contribution in [2.24, 2.45) is 5.41 Å². The lowest BCUT2D eigenvalue weighted by Gasteiger charge is -2.47. The number of nitrogens with zero attached hydrogens (tertiary/aromatic N) is 4. The van der Waals surface area contributed by atoms with Gasteiger partial charge in [-0.05, 0) is 105 Å². The first kappa shape index (κ1) is 29.1. The van der Waals surface area contributed by atoms with Gasteiger partial charge in [-0.1, -0.05) is 26.0 Å². The maximum Gasteiger partial charge on any atom is 0.151 e. The van der Waals surface area contributed by atoms with Gasteiger partial charge in [-0.15, -0.1) is 0 Å². The van der Waals surface area contributed by atoms with Gasteiger partial charge < -0.3 is 30.4 Å². The minimum Gasteiger partial charge on any atom is -0.366 e. The molecule has 2 aromatic heterocycles. The fourth-order valence-corrected chi connectivity index (χ4v) is 8.65. The second-order valence-electron chi connectivity index (χ2n) is 14.9. The zero-order chi connectivity index (χ0) is 31.9. The van der Waals surface area contributed by atoms with Crippen LogP contribution in [0.15, 0.2) is 48.5 Å². The Balaban J connectivity index is 1.10. The Hall–Kier alpha value is -4.02. The average molecular weight is 637 g/mol. The molecule has 4 atom stereocenters. The second-order valence-corrected chi connectivity index (χ2v) is 14.9. The average Bonchev–Trinajstić information content (AvgIpc) is 3.87. The summed E-state index contributed by atoms with van der Waals surface area (Å²) in [4.78, 5) is 21.0. The molecule has 6 heterocycles. The fourth-order valence-electron chi connectivity index (χ4n) is 8.65. The maximum atomic E-state index is 15.9. The summed E-state index contributed by atoms with van der Waals surface area (Å²) in [6, 6.07) is 16.3. The van der Waals surface area contributed by atoms with Crippen LogP contribution in [0, 0.1) is 17.0 Å². The SMILES string of the molecule is CC1(C)CN(c2c(F)cc(N3[C@@H](c4ccc5nc([C@@H]6CCCN6)[nH]c5c4)CC[C@H]3c3ccc4nc([C@@H]5CCCN5)[nH]c4c3)cc2F)C1. The molecule has 0 saturated carbocycles. The highest BCUT2D eigenvalue weighted by Crippen LogP contribution is 2.49. The van der Waals surface area contributed by atoms with Gasteiger partial charge in [0.1, 0.15) is 17.3 Å². The van der Waals surface area contributed by atoms with Gasteiger partial charge in [-0.25, -0.2) is 18.7 Å². The van der Waals surface area contributed by atoms with E-state index < -0.39 is 11.6 Å². The molecule has 3 aromatic carbocycles. The van der Waals surface area contributed by atoms with Crippen LogP contribution in [0.4, 0.5) is 20.2 Å². The second kappa shape index (κ2) is 11.0. The van der Waals surface area contributed by atoms with Crippen molar-refractivity contribution in [3.8, 4) is 0 Å². The Morgan fingerprint density at radius 2 is 1.21 bits per heavy atom. The van der Waals surface area contributed by atoms with E-state index in [4.69, 9.17) is 9.97 Å². The van der Waals surface area contributed by atoms with Crippen LogP contribution in [0.2, 0.25) is 0 Å². The zero-order valence-corrected chi connectivity index (χ0v) is 27.0. The molecule has 4 N–H and O–H groups in total. The van der Waals surface area contributed by atoms with Gasteiger partial charge in [0.05, 0.1) is 46.2 Å². The Morgan fingerprint density at radius 3 is 1.66 bits per heavy atom. The Bertz CT molecular complexity index is 1830. The third-order valence-corrected chi connectivity index (χ3v) is 10.8. The molecule has 4 saturated heterocycles. The maximum absolute atomic E-state index is 15.9. The van der Waals surface area contributed by atoms with Crippen LogP contribution in [-0.4, -0.2) is 46.1 Å². The van der Waals surface area contributed by atoms with Crippen molar-refractivity contribution in [2.45, 2.75) is 76.5 Å². The summed E-state index contributed by atoms with van der Waals surface area (Å²) in [6.07, 6.45) is 6.15. The first-order chi connectivity index (χ1) is 22.8. The lowest BCUT2D eigenvalue weighted by Crippen LogP contribution is -2.53. The third-order valence-electron chi connectivity index (χ3n) is 10.8. The van der Waals surface area contributed by atoms with Crippen molar-refractivity contribution in [1.82, 2.24) is 30.6 Å². The van der Waals surface area contributed by atoms with E-state index in [1.165, 1.54) is 0 Å². The molecule has 4 aliphatic rings. The summed E-state index contributed by atoms with van der Waals surface area (Å²) < 4.78 is 31.8. The van der Waals surface area contributed by atoms with Crippen LogP contribution in [0.25, 0.3) is 22.1 Å². The number of halogens is 2. The number of H-pyrrole nitrogens is 2. The predicted molar refractivity (Wildman–Crippen MR) is 182 cm³/mol. The van der Waals surface area contributed by atoms with Crippen molar-refractivity contribution in [3.63, 3.8) is 0 Å². The van der Waals surface area contributed by atoms with Gasteiger partial charge in [0.15, 0.2) is 11.6 Å². The first-order valence-corrected chi connectivity index (χ1v) is 17.3. The van der Waals surface area contributed by atoms with Gasteiger partial charge in [0.2, 0.25) is 0 Å². The van der Waals surface area contributed by atoms with Crippen molar-refractivity contribution in [2.75, 3.05) is 36.0 Å². The summed E-state index contributed by atoms with van der Waals surface area (Å²) in [5.74, 6) is 0.945. The van der Waals surface area contributed by atoms with Crippen LogP contribution in [0.5, 0.6) is 0 Å². The number of hydrogen-bond acceptors (Lipinski definition) is 6. The van der Waals surface area contributed by atoms with E-state index >= 15 is 8.78 Å². The molecule has 8 nitrogen and oxygen atoms in total. The highest BCUT2D eigenvalue weighted by atomic mass is 19.1. The molecule has 0 radical (unpaired) electrons. The molecule has 0 amide bonds. The van der Waals surface area contributed by atoms with E-state index in [-0.39, 0.29) is 35.3 Å². The van der Waals surface area contributed by atoms with Gasteiger partial charge >= 0.3 is 0 Å². The van der Waals surface area contributed by atoms with Crippen molar-refractivity contribution >= 4 is 33.4 Å². The van der Waals surface area contributed by atoms with E-state index in [1.54, 1.807) is 12.1 Å². The zero-order valence-electron chi connectivity index (χ0n) is 27.0. The van der Waals surface area contributed by atoms with E-state index in [2.05, 4.69) is 75.7 Å². The van der Waals surface area contributed by atoms with Crippen LogP contribution in [-0.2, 0) is 0 Å². The first-order valence-electron chi connectivity index (χ1n) is 17.3. The molecule has 47 heavy (non-hydrogen) atoms. The fraction of sp³-hybridized carbons (Fsp3) is 0.459. The van der Waals surface area contributed by atoms with E-state index in [1.807, 2.05) is 4.90 Å². The third kappa shape index (κ3) is 5.08. The van der Waals surface area contributed by atoms with E-state index in [0.29, 0.717) is 18.8 Å². The smallest absolute Gasteiger partial charge is 0.151 e. The van der Waals surface area contributed by atoms with Crippen molar-refractivity contribution in [1.29, 1.82) is 0 Å².